The molecular weight excluding hydrogens is 456 g/mol. The van der Waals surface area contributed by atoms with Gasteiger partial charge in [0.2, 0.25) is 5.89 Å². The number of anilines is 1. The SMILES string of the molecule is CC(C)c1nc(C2CCN(c3ncnc4c(-c5ccc(C(=O)O)c(F)c5)cc(F)cc34)CC2)no1. The van der Waals surface area contributed by atoms with Crippen LogP contribution in [0.25, 0.3) is 22.0 Å². The summed E-state index contributed by atoms with van der Waals surface area (Å²) in [6.07, 6.45) is 2.97. The molecule has 35 heavy (non-hydrogen) atoms. The van der Waals surface area contributed by atoms with E-state index in [4.69, 9.17) is 9.63 Å². The fourth-order valence-corrected chi connectivity index (χ4v) is 4.44. The zero-order chi connectivity index (χ0) is 24.7. The molecule has 2 aromatic heterocycles. The molecule has 0 unspecified atom stereocenters. The summed E-state index contributed by atoms with van der Waals surface area (Å²) in [5.74, 6) is -0.526. The molecule has 1 fully saturated rings. The lowest BCUT2D eigenvalue weighted by molar-refractivity contribution is 0.0692. The quantitative estimate of drug-likeness (QED) is 0.418. The minimum absolute atomic E-state index is 0.165. The zero-order valence-corrected chi connectivity index (χ0v) is 19.2. The number of benzene rings is 2. The van der Waals surface area contributed by atoms with Crippen molar-refractivity contribution < 1.29 is 23.2 Å². The fraction of sp³-hybridized carbons (Fsp3) is 0.320. The first-order valence-electron chi connectivity index (χ1n) is 11.4. The Kier molecular flexibility index (Phi) is 5.88. The average Bonchev–Trinajstić information content (AvgIpc) is 3.34. The first-order chi connectivity index (χ1) is 16.8. The van der Waals surface area contributed by atoms with Crippen LogP contribution in [0, 0.1) is 11.6 Å². The highest BCUT2D eigenvalue weighted by molar-refractivity contribution is 6.00. The van der Waals surface area contributed by atoms with Crippen LogP contribution in [-0.2, 0) is 0 Å². The molecule has 0 aliphatic carbocycles. The Morgan fingerprint density at radius 2 is 1.91 bits per heavy atom. The molecule has 180 valence electrons. The second kappa shape index (κ2) is 9.01. The molecule has 3 heterocycles. The maximum atomic E-state index is 14.7. The van der Waals surface area contributed by atoms with Crippen molar-refractivity contribution in [1.82, 2.24) is 20.1 Å². The molecule has 0 saturated carbocycles. The van der Waals surface area contributed by atoms with Crippen molar-refractivity contribution in [1.29, 1.82) is 0 Å². The number of nitrogens with zero attached hydrogens (tertiary/aromatic N) is 5. The first kappa shape index (κ1) is 22.8. The molecule has 1 aliphatic rings. The van der Waals surface area contributed by atoms with Crippen molar-refractivity contribution in [3.8, 4) is 11.1 Å². The number of fused-ring (bicyclic) bond motifs is 1. The van der Waals surface area contributed by atoms with Crippen LogP contribution in [0.1, 0.15) is 60.6 Å². The van der Waals surface area contributed by atoms with Gasteiger partial charge >= 0.3 is 5.97 Å². The van der Waals surface area contributed by atoms with Gasteiger partial charge in [0.15, 0.2) is 5.82 Å². The number of hydrogen-bond acceptors (Lipinski definition) is 7. The van der Waals surface area contributed by atoms with Gasteiger partial charge in [-0.1, -0.05) is 25.1 Å². The third-order valence-corrected chi connectivity index (χ3v) is 6.30. The number of halogens is 2. The molecule has 1 aliphatic heterocycles. The van der Waals surface area contributed by atoms with E-state index in [1.807, 2.05) is 13.8 Å². The monoisotopic (exact) mass is 479 g/mol. The number of piperidine rings is 1. The van der Waals surface area contributed by atoms with Gasteiger partial charge in [-0.3, -0.25) is 0 Å². The summed E-state index contributed by atoms with van der Waals surface area (Å²) in [6.45, 7) is 5.33. The van der Waals surface area contributed by atoms with Crippen LogP contribution >= 0.6 is 0 Å². The Labute approximate surface area is 199 Å². The molecule has 10 heteroatoms. The van der Waals surface area contributed by atoms with Crippen molar-refractivity contribution in [3.05, 3.63) is 65.6 Å². The van der Waals surface area contributed by atoms with Crippen LogP contribution in [0.5, 0.6) is 0 Å². The molecular formula is C25H23F2N5O3. The zero-order valence-electron chi connectivity index (χ0n) is 19.2. The smallest absolute Gasteiger partial charge is 0.338 e. The summed E-state index contributed by atoms with van der Waals surface area (Å²) in [4.78, 5) is 26.5. The number of carboxylic acids is 1. The van der Waals surface area contributed by atoms with Gasteiger partial charge in [-0.15, -0.1) is 0 Å². The van der Waals surface area contributed by atoms with Crippen LogP contribution in [0.4, 0.5) is 14.6 Å². The predicted octanol–water partition coefficient (Wildman–Crippen LogP) is 5.16. The number of rotatable bonds is 5. The third-order valence-electron chi connectivity index (χ3n) is 6.30. The molecule has 0 spiro atoms. The first-order valence-corrected chi connectivity index (χ1v) is 11.4. The topological polar surface area (TPSA) is 105 Å². The number of aromatic nitrogens is 4. The summed E-state index contributed by atoms with van der Waals surface area (Å²) >= 11 is 0. The summed E-state index contributed by atoms with van der Waals surface area (Å²) in [5, 5.41) is 13.7. The Morgan fingerprint density at radius 1 is 1.14 bits per heavy atom. The summed E-state index contributed by atoms with van der Waals surface area (Å²) in [7, 11) is 0. The predicted molar refractivity (Wildman–Crippen MR) is 124 cm³/mol. The van der Waals surface area contributed by atoms with Crippen molar-refractivity contribution in [2.75, 3.05) is 18.0 Å². The lowest BCUT2D eigenvalue weighted by Gasteiger charge is -2.32. The van der Waals surface area contributed by atoms with Crippen molar-refractivity contribution in [3.63, 3.8) is 0 Å². The second-order valence-electron chi connectivity index (χ2n) is 8.95. The number of hydrogen-bond donors (Lipinski definition) is 1. The van der Waals surface area contributed by atoms with E-state index >= 15 is 0 Å². The van der Waals surface area contributed by atoms with Gasteiger partial charge in [0, 0.05) is 35.9 Å². The maximum Gasteiger partial charge on any atom is 0.338 e. The summed E-state index contributed by atoms with van der Waals surface area (Å²) < 4.78 is 34.4. The van der Waals surface area contributed by atoms with Gasteiger partial charge in [0.25, 0.3) is 0 Å². The van der Waals surface area contributed by atoms with Crippen LogP contribution < -0.4 is 4.90 Å². The second-order valence-corrected chi connectivity index (χ2v) is 8.95. The van der Waals surface area contributed by atoms with E-state index < -0.39 is 23.2 Å². The third kappa shape index (κ3) is 4.31. The molecule has 8 nitrogen and oxygen atoms in total. The molecule has 4 aromatic rings. The van der Waals surface area contributed by atoms with E-state index in [-0.39, 0.29) is 11.8 Å². The Bertz CT molecular complexity index is 1410. The van der Waals surface area contributed by atoms with Crippen LogP contribution in [0.3, 0.4) is 0 Å². The minimum atomic E-state index is -1.37. The van der Waals surface area contributed by atoms with Crippen LogP contribution in [0.2, 0.25) is 0 Å². The van der Waals surface area contributed by atoms with E-state index in [2.05, 4.69) is 25.0 Å². The van der Waals surface area contributed by atoms with E-state index in [9.17, 15) is 13.6 Å². The molecule has 0 amide bonds. The molecule has 0 atom stereocenters. The van der Waals surface area contributed by atoms with Crippen LogP contribution in [0.15, 0.2) is 41.2 Å². The standard InChI is InChI=1S/C25H23F2N5O3/c1-13(2)24-30-22(31-35-24)14-5-7-32(8-6-14)23-19-11-16(26)10-18(21(19)28-12-29-23)15-3-4-17(25(33)34)20(27)9-15/h3-4,9-14H,5-8H2,1-2H3,(H,33,34). The molecule has 1 N–H and O–H groups in total. The minimum Gasteiger partial charge on any atom is -0.478 e. The molecule has 0 radical (unpaired) electrons. The lowest BCUT2D eigenvalue weighted by atomic mass is 9.95. The Morgan fingerprint density at radius 3 is 2.57 bits per heavy atom. The molecule has 5 rings (SSSR count). The highest BCUT2D eigenvalue weighted by atomic mass is 19.1. The lowest BCUT2D eigenvalue weighted by Crippen LogP contribution is -2.34. The molecule has 1 saturated heterocycles. The van der Waals surface area contributed by atoms with E-state index in [0.29, 0.717) is 52.7 Å². The molecule has 0 bridgehead atoms. The van der Waals surface area contributed by atoms with Gasteiger partial charge in [0.1, 0.15) is 23.8 Å². The van der Waals surface area contributed by atoms with Gasteiger partial charge < -0.3 is 14.5 Å². The summed E-state index contributed by atoms with van der Waals surface area (Å²) in [5.41, 5.74) is 0.705. The Hall–Kier alpha value is -3.95. The van der Waals surface area contributed by atoms with E-state index in [0.717, 1.165) is 18.9 Å². The van der Waals surface area contributed by atoms with E-state index in [1.54, 1.807) is 0 Å². The van der Waals surface area contributed by atoms with Gasteiger partial charge in [-0.25, -0.2) is 23.5 Å². The van der Waals surface area contributed by atoms with Crippen molar-refractivity contribution in [2.45, 2.75) is 38.5 Å². The van der Waals surface area contributed by atoms with Gasteiger partial charge in [-0.2, -0.15) is 4.98 Å². The maximum absolute atomic E-state index is 14.7. The number of aromatic carboxylic acids is 1. The van der Waals surface area contributed by atoms with Crippen LogP contribution in [-0.4, -0.2) is 44.3 Å². The fourth-order valence-electron chi connectivity index (χ4n) is 4.44. The number of carboxylic acid groups (broad SMARTS) is 1. The normalized spacial score (nSPS) is 14.7. The average molecular weight is 479 g/mol. The van der Waals surface area contributed by atoms with Gasteiger partial charge in [0.05, 0.1) is 11.1 Å². The highest BCUT2D eigenvalue weighted by Crippen LogP contribution is 2.36. The van der Waals surface area contributed by atoms with Gasteiger partial charge in [-0.05, 0) is 42.7 Å². The highest BCUT2D eigenvalue weighted by Gasteiger charge is 2.27. The summed E-state index contributed by atoms with van der Waals surface area (Å²) in [6, 6.07) is 6.34. The molecule has 2 aromatic carbocycles. The Balaban J connectivity index is 1.46. The van der Waals surface area contributed by atoms with Crippen molar-refractivity contribution >= 4 is 22.7 Å². The largest absolute Gasteiger partial charge is 0.478 e. The number of carbonyl (C=O) groups is 1. The van der Waals surface area contributed by atoms with E-state index in [1.165, 1.54) is 30.6 Å². The van der Waals surface area contributed by atoms with Crippen molar-refractivity contribution in [2.24, 2.45) is 0 Å².